The minimum atomic E-state index is -3.77. The molecule has 1 aliphatic heterocycles. The maximum atomic E-state index is 13.1. The van der Waals surface area contributed by atoms with Crippen LogP contribution in [-0.4, -0.2) is 51.0 Å². The fraction of sp³-hybridized carbons (Fsp3) is 0.667. The first-order valence-corrected chi connectivity index (χ1v) is 11.8. The molecule has 2 saturated carbocycles. The zero-order valence-electron chi connectivity index (χ0n) is 17.4. The molecule has 3 fully saturated rings. The van der Waals surface area contributed by atoms with Gasteiger partial charge in [0.2, 0.25) is 10.0 Å². The van der Waals surface area contributed by atoms with Gasteiger partial charge in [-0.05, 0) is 54.2 Å². The molecule has 3 aliphatic rings. The lowest BCUT2D eigenvalue weighted by atomic mass is 9.68. The Morgan fingerprint density at radius 1 is 1.24 bits per heavy atom. The first kappa shape index (κ1) is 20.6. The molecule has 3 N–H and O–H groups in total. The third kappa shape index (κ3) is 3.35. The monoisotopic (exact) mass is 421 g/mol. The lowest BCUT2D eigenvalue weighted by Gasteiger charge is -2.43. The van der Waals surface area contributed by atoms with Crippen LogP contribution in [0.5, 0.6) is 0 Å². The van der Waals surface area contributed by atoms with Crippen molar-refractivity contribution in [2.75, 3.05) is 32.0 Å². The number of benzene rings is 1. The number of nitrogens with zero attached hydrogens (tertiary/aromatic N) is 1. The summed E-state index contributed by atoms with van der Waals surface area (Å²) < 4.78 is 32.7. The van der Waals surface area contributed by atoms with Gasteiger partial charge in [-0.3, -0.25) is 4.79 Å². The summed E-state index contributed by atoms with van der Waals surface area (Å²) in [5.41, 5.74) is 6.60. The van der Waals surface area contributed by atoms with Gasteiger partial charge in [-0.25, -0.2) is 8.42 Å². The predicted octanol–water partition coefficient (Wildman–Crippen LogP) is 2.23. The molecule has 160 valence electrons. The molecular formula is C21H31N3O4S. The maximum Gasteiger partial charge on any atom is 0.251 e. The fourth-order valence-electron chi connectivity index (χ4n) is 5.70. The van der Waals surface area contributed by atoms with E-state index >= 15 is 0 Å². The van der Waals surface area contributed by atoms with Crippen molar-refractivity contribution in [2.24, 2.45) is 16.7 Å². The van der Waals surface area contributed by atoms with Crippen molar-refractivity contribution in [1.82, 2.24) is 9.62 Å². The number of nitrogen functional groups attached to an aromatic ring is 1. The number of morpholine rings is 1. The van der Waals surface area contributed by atoms with Gasteiger partial charge in [0.05, 0.1) is 18.9 Å². The van der Waals surface area contributed by atoms with Gasteiger partial charge in [0.15, 0.2) is 0 Å². The molecule has 2 unspecified atom stereocenters. The number of sulfonamides is 1. The molecule has 0 aromatic heterocycles. The third-order valence-corrected chi connectivity index (χ3v) is 9.36. The summed E-state index contributed by atoms with van der Waals surface area (Å²) in [6.45, 7) is 7.99. The number of fused-ring (bicyclic) bond motifs is 2. The number of anilines is 1. The van der Waals surface area contributed by atoms with E-state index in [9.17, 15) is 13.2 Å². The molecule has 29 heavy (non-hydrogen) atoms. The van der Waals surface area contributed by atoms with Gasteiger partial charge in [-0.1, -0.05) is 20.8 Å². The number of hydrogen-bond acceptors (Lipinski definition) is 5. The average molecular weight is 422 g/mol. The number of amides is 1. The Labute approximate surface area is 173 Å². The molecule has 0 radical (unpaired) electrons. The highest BCUT2D eigenvalue weighted by molar-refractivity contribution is 7.89. The van der Waals surface area contributed by atoms with Crippen LogP contribution in [0.3, 0.4) is 0 Å². The largest absolute Gasteiger partial charge is 0.398 e. The number of carbonyl (C=O) groups excluding carboxylic acids is 1. The van der Waals surface area contributed by atoms with Crippen LogP contribution < -0.4 is 11.1 Å². The molecule has 1 aromatic rings. The third-order valence-electron chi connectivity index (χ3n) is 7.41. The molecule has 7 nitrogen and oxygen atoms in total. The fourth-order valence-corrected chi connectivity index (χ4v) is 7.25. The van der Waals surface area contributed by atoms with Gasteiger partial charge < -0.3 is 15.8 Å². The van der Waals surface area contributed by atoms with Crippen molar-refractivity contribution in [3.8, 4) is 0 Å². The van der Waals surface area contributed by atoms with Crippen molar-refractivity contribution >= 4 is 21.6 Å². The molecule has 2 aliphatic carbocycles. The second-order valence-corrected chi connectivity index (χ2v) is 11.5. The van der Waals surface area contributed by atoms with E-state index in [1.165, 1.54) is 22.9 Å². The highest BCUT2D eigenvalue weighted by Crippen LogP contribution is 2.62. The first-order chi connectivity index (χ1) is 13.6. The second kappa shape index (κ2) is 6.96. The van der Waals surface area contributed by atoms with E-state index in [4.69, 9.17) is 10.5 Å². The molecule has 3 atom stereocenters. The van der Waals surface area contributed by atoms with Crippen LogP contribution in [0, 0.1) is 16.7 Å². The molecule has 1 heterocycles. The summed E-state index contributed by atoms with van der Waals surface area (Å²) in [6.07, 6.45) is 3.45. The Morgan fingerprint density at radius 2 is 1.93 bits per heavy atom. The van der Waals surface area contributed by atoms with Crippen molar-refractivity contribution < 1.29 is 17.9 Å². The van der Waals surface area contributed by atoms with Crippen molar-refractivity contribution in [3.63, 3.8) is 0 Å². The van der Waals surface area contributed by atoms with E-state index in [0.29, 0.717) is 24.7 Å². The summed E-state index contributed by atoms with van der Waals surface area (Å²) in [6, 6.07) is 4.59. The van der Waals surface area contributed by atoms with Crippen molar-refractivity contribution in [1.29, 1.82) is 0 Å². The Kier molecular flexibility index (Phi) is 4.95. The first-order valence-electron chi connectivity index (χ1n) is 10.3. The van der Waals surface area contributed by atoms with Crippen LogP contribution in [-0.2, 0) is 14.8 Å². The number of rotatable bonds is 4. The van der Waals surface area contributed by atoms with Gasteiger partial charge in [0.1, 0.15) is 4.90 Å². The normalized spacial score (nSPS) is 31.7. The molecule has 2 bridgehead atoms. The maximum absolute atomic E-state index is 13.1. The number of nitrogens with one attached hydrogen (secondary N) is 1. The van der Waals surface area contributed by atoms with Crippen LogP contribution in [0.4, 0.5) is 5.69 Å². The van der Waals surface area contributed by atoms with Gasteiger partial charge in [0, 0.05) is 24.7 Å². The van der Waals surface area contributed by atoms with Crippen molar-refractivity contribution in [2.45, 2.75) is 51.0 Å². The van der Waals surface area contributed by atoms with Gasteiger partial charge in [-0.2, -0.15) is 4.31 Å². The highest BCUT2D eigenvalue weighted by atomic mass is 32.2. The summed E-state index contributed by atoms with van der Waals surface area (Å²) >= 11 is 0. The molecular weight excluding hydrogens is 390 g/mol. The van der Waals surface area contributed by atoms with Crippen LogP contribution in [0.2, 0.25) is 0 Å². The summed E-state index contributed by atoms with van der Waals surface area (Å²) in [7, 11) is -3.77. The van der Waals surface area contributed by atoms with Gasteiger partial charge in [-0.15, -0.1) is 0 Å². The SMILES string of the molecule is CC12CC[C@H](C1)C(C)(C)C2NC(=O)c1ccc(N)c(S(=O)(=O)N2CCOCC2)c1. The van der Waals surface area contributed by atoms with E-state index in [1.807, 2.05) is 0 Å². The van der Waals surface area contributed by atoms with Gasteiger partial charge in [0.25, 0.3) is 5.91 Å². The standard InChI is InChI=1S/C21H31N3O4S/c1-20(2)15-6-7-21(3,13-15)19(20)23-18(25)14-4-5-16(22)17(12-14)29(26,27)24-8-10-28-11-9-24/h4-5,12,15,19H,6-11,13,22H2,1-3H3,(H,23,25)/t15-,19?,21?/m1/s1. The van der Waals surface area contributed by atoms with Crippen LogP contribution in [0.15, 0.2) is 23.1 Å². The second-order valence-electron chi connectivity index (χ2n) is 9.59. The topological polar surface area (TPSA) is 102 Å². The summed E-state index contributed by atoms with van der Waals surface area (Å²) in [5, 5.41) is 3.23. The van der Waals surface area contributed by atoms with E-state index in [0.717, 1.165) is 12.8 Å². The summed E-state index contributed by atoms with van der Waals surface area (Å²) in [5.74, 6) is 0.372. The van der Waals surface area contributed by atoms with Crippen LogP contribution in [0.25, 0.3) is 0 Å². The Balaban J connectivity index is 1.60. The molecule has 1 saturated heterocycles. The van der Waals surface area contributed by atoms with Crippen LogP contribution in [0.1, 0.15) is 50.4 Å². The Bertz CT molecular complexity index is 919. The average Bonchev–Trinajstić information content (AvgIpc) is 3.17. The molecule has 1 amide bonds. The predicted molar refractivity (Wildman–Crippen MR) is 111 cm³/mol. The zero-order chi connectivity index (χ0) is 21.0. The molecule has 0 spiro atoms. The van der Waals surface area contributed by atoms with E-state index in [-0.39, 0.29) is 46.5 Å². The minimum absolute atomic E-state index is 0.00883. The number of carbonyl (C=O) groups is 1. The smallest absolute Gasteiger partial charge is 0.251 e. The van der Waals surface area contributed by atoms with E-state index in [1.54, 1.807) is 6.07 Å². The Hall–Kier alpha value is -1.64. The van der Waals surface area contributed by atoms with E-state index in [2.05, 4.69) is 26.1 Å². The lowest BCUT2D eigenvalue weighted by Crippen LogP contribution is -2.52. The van der Waals surface area contributed by atoms with E-state index < -0.39 is 10.0 Å². The zero-order valence-corrected chi connectivity index (χ0v) is 18.2. The number of hydrogen-bond donors (Lipinski definition) is 2. The van der Waals surface area contributed by atoms with Crippen molar-refractivity contribution in [3.05, 3.63) is 23.8 Å². The molecule has 1 aromatic carbocycles. The number of nitrogens with two attached hydrogens (primary N) is 1. The Morgan fingerprint density at radius 3 is 2.55 bits per heavy atom. The highest BCUT2D eigenvalue weighted by Gasteiger charge is 2.59. The molecule has 8 heteroatoms. The molecule has 4 rings (SSSR count). The quantitative estimate of drug-likeness (QED) is 0.726. The van der Waals surface area contributed by atoms with Crippen LogP contribution >= 0.6 is 0 Å². The van der Waals surface area contributed by atoms with Gasteiger partial charge >= 0.3 is 0 Å². The minimum Gasteiger partial charge on any atom is -0.398 e. The number of ether oxygens (including phenoxy) is 1. The lowest BCUT2D eigenvalue weighted by molar-refractivity contribution is 0.0729. The summed E-state index contributed by atoms with van der Waals surface area (Å²) in [4.78, 5) is 13.1.